The van der Waals surface area contributed by atoms with Crippen LogP contribution in [0.5, 0.6) is 0 Å². The summed E-state index contributed by atoms with van der Waals surface area (Å²) in [4.78, 5) is 8.40. The molecule has 0 saturated carbocycles. The van der Waals surface area contributed by atoms with Gasteiger partial charge in [0.25, 0.3) is 0 Å². The summed E-state index contributed by atoms with van der Waals surface area (Å²) in [5.41, 5.74) is 3.41. The van der Waals surface area contributed by atoms with E-state index in [0.717, 1.165) is 16.8 Å². The summed E-state index contributed by atoms with van der Waals surface area (Å²) in [5.74, 6) is 0. The van der Waals surface area contributed by atoms with Gasteiger partial charge in [-0.15, -0.1) is 12.4 Å². The molecule has 0 aliphatic heterocycles. The molecule has 0 aromatic carbocycles. The van der Waals surface area contributed by atoms with Crippen molar-refractivity contribution >= 4 is 24.0 Å². The molecule has 0 aliphatic rings. The Hall–Kier alpha value is -2.17. The second-order valence-corrected chi connectivity index (χ2v) is 5.38. The standard InChI is InChI=1S/C17H15ClN4.ClH/c18-16-7-6-13(11-21-16)12-22-9-3-4-14(17(22)19)10-15-5-1-2-8-20-15;/h1-9,11,19H,10,12H2;1H. The van der Waals surface area contributed by atoms with Crippen molar-refractivity contribution in [2.24, 2.45) is 0 Å². The highest BCUT2D eigenvalue weighted by molar-refractivity contribution is 6.29. The number of halogens is 2. The van der Waals surface area contributed by atoms with Crippen molar-refractivity contribution in [2.45, 2.75) is 13.0 Å². The smallest absolute Gasteiger partial charge is 0.129 e. The molecule has 3 heterocycles. The Labute approximate surface area is 145 Å². The summed E-state index contributed by atoms with van der Waals surface area (Å²) in [6.07, 6.45) is 6.06. The van der Waals surface area contributed by atoms with Gasteiger partial charge >= 0.3 is 0 Å². The molecule has 0 aliphatic carbocycles. The van der Waals surface area contributed by atoms with Crippen molar-refractivity contribution in [1.82, 2.24) is 14.5 Å². The Kier molecular flexibility index (Phi) is 5.90. The van der Waals surface area contributed by atoms with Crippen molar-refractivity contribution < 1.29 is 0 Å². The van der Waals surface area contributed by atoms with Crippen LogP contribution in [0.25, 0.3) is 0 Å². The fourth-order valence-corrected chi connectivity index (χ4v) is 2.38. The largest absolute Gasteiger partial charge is 0.329 e. The second kappa shape index (κ2) is 7.90. The summed E-state index contributed by atoms with van der Waals surface area (Å²) in [6, 6.07) is 13.4. The van der Waals surface area contributed by atoms with Gasteiger partial charge in [0, 0.05) is 36.3 Å². The lowest BCUT2D eigenvalue weighted by atomic mass is 10.1. The maximum absolute atomic E-state index is 8.38. The maximum atomic E-state index is 8.38. The van der Waals surface area contributed by atoms with Crippen LogP contribution in [0.1, 0.15) is 16.8 Å². The second-order valence-electron chi connectivity index (χ2n) is 5.00. The van der Waals surface area contributed by atoms with Gasteiger partial charge in [-0.3, -0.25) is 10.4 Å². The van der Waals surface area contributed by atoms with Gasteiger partial charge in [0.15, 0.2) is 0 Å². The number of nitrogens with zero attached hydrogens (tertiary/aromatic N) is 3. The van der Waals surface area contributed by atoms with Crippen LogP contribution in [0, 0.1) is 5.41 Å². The van der Waals surface area contributed by atoms with E-state index in [1.807, 2.05) is 47.2 Å². The molecule has 0 fully saturated rings. The Balaban J connectivity index is 0.00000192. The first kappa shape index (κ1) is 17.2. The Morgan fingerprint density at radius 3 is 2.61 bits per heavy atom. The first-order valence-electron chi connectivity index (χ1n) is 6.95. The lowest BCUT2D eigenvalue weighted by Gasteiger charge is -2.10. The highest BCUT2D eigenvalue weighted by atomic mass is 35.5. The van der Waals surface area contributed by atoms with Crippen molar-refractivity contribution in [3.05, 3.63) is 88.5 Å². The maximum Gasteiger partial charge on any atom is 0.129 e. The minimum absolute atomic E-state index is 0. The molecule has 0 saturated heterocycles. The molecule has 4 nitrogen and oxygen atoms in total. The molecule has 0 atom stereocenters. The van der Waals surface area contributed by atoms with E-state index < -0.39 is 0 Å². The average Bonchev–Trinajstić information content (AvgIpc) is 2.54. The lowest BCUT2D eigenvalue weighted by molar-refractivity contribution is 0.715. The highest BCUT2D eigenvalue weighted by Gasteiger charge is 2.03. The third kappa shape index (κ3) is 4.41. The van der Waals surface area contributed by atoms with E-state index >= 15 is 0 Å². The summed E-state index contributed by atoms with van der Waals surface area (Å²) in [5, 5.41) is 8.85. The van der Waals surface area contributed by atoms with Gasteiger partial charge in [-0.05, 0) is 29.8 Å². The first-order chi connectivity index (χ1) is 10.7. The van der Waals surface area contributed by atoms with Crippen molar-refractivity contribution in [1.29, 1.82) is 5.41 Å². The van der Waals surface area contributed by atoms with Crippen LogP contribution in [0.15, 0.2) is 61.1 Å². The number of hydrogen-bond acceptors (Lipinski definition) is 3. The molecule has 23 heavy (non-hydrogen) atoms. The number of pyridine rings is 3. The van der Waals surface area contributed by atoms with Crippen LogP contribution in [-0.2, 0) is 13.0 Å². The molecule has 0 amide bonds. The molecule has 3 aromatic heterocycles. The minimum Gasteiger partial charge on any atom is -0.329 e. The van der Waals surface area contributed by atoms with Crippen molar-refractivity contribution in [2.75, 3.05) is 0 Å². The van der Waals surface area contributed by atoms with Gasteiger partial charge in [-0.25, -0.2) is 4.98 Å². The molecule has 3 aromatic rings. The molecule has 0 spiro atoms. The molecule has 6 heteroatoms. The van der Waals surface area contributed by atoms with Crippen molar-refractivity contribution in [3.63, 3.8) is 0 Å². The third-order valence-electron chi connectivity index (χ3n) is 3.39. The lowest BCUT2D eigenvalue weighted by Crippen LogP contribution is -2.24. The van der Waals surface area contributed by atoms with Gasteiger partial charge in [0.05, 0.1) is 6.54 Å². The van der Waals surface area contributed by atoms with Crippen LogP contribution in [0.3, 0.4) is 0 Å². The van der Waals surface area contributed by atoms with E-state index in [-0.39, 0.29) is 12.4 Å². The van der Waals surface area contributed by atoms with E-state index in [2.05, 4.69) is 9.97 Å². The summed E-state index contributed by atoms with van der Waals surface area (Å²) < 4.78 is 1.89. The zero-order valence-electron chi connectivity index (χ0n) is 12.3. The third-order valence-corrected chi connectivity index (χ3v) is 3.62. The predicted octanol–water partition coefficient (Wildman–Crippen LogP) is 3.47. The molecule has 0 unspecified atom stereocenters. The molecular weight excluding hydrogens is 331 g/mol. The van der Waals surface area contributed by atoms with Gasteiger partial charge < -0.3 is 4.57 Å². The normalized spacial score (nSPS) is 10.1. The van der Waals surface area contributed by atoms with Gasteiger partial charge in [-0.2, -0.15) is 0 Å². The zero-order chi connectivity index (χ0) is 15.4. The quantitative estimate of drug-likeness (QED) is 0.735. The fraction of sp³-hybridized carbons (Fsp3) is 0.118. The van der Waals surface area contributed by atoms with Gasteiger partial charge in [0.1, 0.15) is 10.6 Å². The van der Waals surface area contributed by atoms with E-state index in [1.165, 1.54) is 0 Å². The SMILES string of the molecule is Cl.N=c1c(Cc2ccccn2)cccn1Cc1ccc(Cl)nc1. The molecule has 0 bridgehead atoms. The molecule has 1 N–H and O–H groups in total. The van der Waals surface area contributed by atoms with Gasteiger partial charge in [-0.1, -0.05) is 29.8 Å². The van der Waals surface area contributed by atoms with Gasteiger partial charge in [0.2, 0.25) is 0 Å². The van der Waals surface area contributed by atoms with E-state index in [0.29, 0.717) is 23.6 Å². The van der Waals surface area contributed by atoms with Crippen LogP contribution in [0.2, 0.25) is 5.15 Å². The van der Waals surface area contributed by atoms with E-state index in [9.17, 15) is 0 Å². The Morgan fingerprint density at radius 2 is 1.91 bits per heavy atom. The van der Waals surface area contributed by atoms with Crippen LogP contribution < -0.4 is 5.49 Å². The molecule has 0 radical (unpaired) electrons. The van der Waals surface area contributed by atoms with Crippen molar-refractivity contribution in [3.8, 4) is 0 Å². The minimum atomic E-state index is 0. The van der Waals surface area contributed by atoms with E-state index in [1.54, 1.807) is 18.5 Å². The predicted molar refractivity (Wildman–Crippen MR) is 92.9 cm³/mol. The summed E-state index contributed by atoms with van der Waals surface area (Å²) in [6.45, 7) is 0.596. The highest BCUT2D eigenvalue weighted by Crippen LogP contribution is 2.07. The number of hydrogen-bond donors (Lipinski definition) is 1. The summed E-state index contributed by atoms with van der Waals surface area (Å²) in [7, 11) is 0. The molecule has 3 rings (SSSR count). The zero-order valence-corrected chi connectivity index (χ0v) is 13.9. The summed E-state index contributed by atoms with van der Waals surface area (Å²) >= 11 is 5.80. The van der Waals surface area contributed by atoms with Crippen LogP contribution >= 0.6 is 24.0 Å². The average molecular weight is 347 g/mol. The number of aromatic nitrogens is 3. The number of rotatable bonds is 4. The number of nitrogens with one attached hydrogen (secondary N) is 1. The van der Waals surface area contributed by atoms with Crippen LogP contribution in [0.4, 0.5) is 0 Å². The topological polar surface area (TPSA) is 54.6 Å². The Morgan fingerprint density at radius 1 is 1.04 bits per heavy atom. The fourth-order valence-electron chi connectivity index (χ4n) is 2.27. The first-order valence-corrected chi connectivity index (χ1v) is 7.33. The van der Waals surface area contributed by atoms with E-state index in [4.69, 9.17) is 17.0 Å². The molecule has 118 valence electrons. The molecular formula is C17H16Cl2N4. The van der Waals surface area contributed by atoms with Crippen LogP contribution in [-0.4, -0.2) is 14.5 Å². The monoisotopic (exact) mass is 346 g/mol. The Bertz CT molecular complexity index is 814.